The van der Waals surface area contributed by atoms with Crippen molar-refractivity contribution < 1.29 is 24.2 Å². The highest BCUT2D eigenvalue weighted by molar-refractivity contribution is 5.96. The summed E-state index contributed by atoms with van der Waals surface area (Å²) in [6, 6.07) is 16.4. The van der Waals surface area contributed by atoms with Crippen molar-refractivity contribution in [2.45, 2.75) is 31.8 Å². The van der Waals surface area contributed by atoms with Gasteiger partial charge >= 0.3 is 5.97 Å². The van der Waals surface area contributed by atoms with Crippen molar-refractivity contribution >= 4 is 29.5 Å². The molecule has 1 saturated heterocycles. The van der Waals surface area contributed by atoms with Gasteiger partial charge in [0.1, 0.15) is 5.75 Å². The molecule has 1 atom stereocenters. The third-order valence-corrected chi connectivity index (χ3v) is 5.67. The van der Waals surface area contributed by atoms with E-state index in [0.29, 0.717) is 31.0 Å². The molecule has 9 heteroatoms. The number of hydrogen-bond acceptors (Lipinski definition) is 6. The molecule has 0 spiro atoms. The van der Waals surface area contributed by atoms with Crippen LogP contribution in [0.2, 0.25) is 0 Å². The average Bonchev–Trinajstić information content (AvgIpc) is 3.40. The lowest BCUT2D eigenvalue weighted by molar-refractivity contribution is -0.137. The van der Waals surface area contributed by atoms with E-state index >= 15 is 0 Å². The first-order valence-corrected chi connectivity index (χ1v) is 12.2. The molecule has 1 fully saturated rings. The van der Waals surface area contributed by atoms with Crippen LogP contribution in [-0.4, -0.2) is 66.7 Å². The van der Waals surface area contributed by atoms with E-state index in [1.807, 2.05) is 30.3 Å². The Hall–Kier alpha value is -3.85. The van der Waals surface area contributed by atoms with Crippen molar-refractivity contribution in [2.75, 3.05) is 38.1 Å². The van der Waals surface area contributed by atoms with E-state index in [1.54, 1.807) is 30.3 Å². The minimum Gasteiger partial charge on any atom is -0.494 e. The maximum absolute atomic E-state index is 12.9. The molecule has 1 aliphatic rings. The minimum absolute atomic E-state index is 0.0482. The maximum atomic E-state index is 12.9. The summed E-state index contributed by atoms with van der Waals surface area (Å²) in [6.07, 6.45) is 4.94. The first-order valence-electron chi connectivity index (χ1n) is 12.2. The molecule has 3 rings (SSSR count). The Balaban J connectivity index is 1.57. The number of carboxylic acid groups (broad SMARTS) is 1. The van der Waals surface area contributed by atoms with Gasteiger partial charge in [-0.15, -0.1) is 0 Å². The Kier molecular flexibility index (Phi) is 10.8. The van der Waals surface area contributed by atoms with Crippen LogP contribution < -0.4 is 20.7 Å². The average molecular weight is 495 g/mol. The lowest BCUT2D eigenvalue weighted by atomic mass is 10.2. The number of amides is 2. The lowest BCUT2D eigenvalue weighted by Gasteiger charge is -2.21. The second-order valence-electron chi connectivity index (χ2n) is 8.54. The van der Waals surface area contributed by atoms with Crippen LogP contribution in [0.4, 0.5) is 5.69 Å². The summed E-state index contributed by atoms with van der Waals surface area (Å²) in [5.41, 5.74) is 1.51. The fourth-order valence-electron chi connectivity index (χ4n) is 3.77. The lowest BCUT2D eigenvalue weighted by Crippen LogP contribution is -2.52. The second-order valence-corrected chi connectivity index (χ2v) is 8.54. The Morgan fingerprint density at radius 3 is 2.44 bits per heavy atom. The van der Waals surface area contributed by atoms with E-state index in [-0.39, 0.29) is 12.3 Å². The molecule has 0 aliphatic carbocycles. The normalized spacial score (nSPS) is 14.3. The van der Waals surface area contributed by atoms with Gasteiger partial charge in [0.2, 0.25) is 5.91 Å². The van der Waals surface area contributed by atoms with Crippen molar-refractivity contribution in [1.82, 2.24) is 15.5 Å². The number of aliphatic carboxylic acids is 1. The molecular formula is C27H34N4O5. The molecule has 1 heterocycles. The van der Waals surface area contributed by atoms with Crippen LogP contribution in [0.1, 0.15) is 31.2 Å². The Labute approximate surface area is 211 Å². The number of carboxylic acids is 1. The molecule has 0 saturated carbocycles. The minimum atomic E-state index is -0.973. The molecule has 0 aromatic heterocycles. The highest BCUT2D eigenvalue weighted by Crippen LogP contribution is 2.17. The van der Waals surface area contributed by atoms with Crippen LogP contribution in [0.3, 0.4) is 0 Å². The van der Waals surface area contributed by atoms with Crippen LogP contribution in [-0.2, 0) is 14.4 Å². The monoisotopic (exact) mass is 494 g/mol. The largest absolute Gasteiger partial charge is 0.494 e. The quantitative estimate of drug-likeness (QED) is 0.181. The number of carbonyl (C=O) groups excluding carboxylic acids is 2. The molecule has 2 aromatic rings. The topological polar surface area (TPSA) is 120 Å². The van der Waals surface area contributed by atoms with E-state index < -0.39 is 18.0 Å². The van der Waals surface area contributed by atoms with Crippen molar-refractivity contribution in [3.05, 3.63) is 66.2 Å². The standard InChI is InChI=1S/C27H34N4O5/c32-24(15-10-21-7-2-1-3-8-21)30-26(27(35)28-16-19-31-17-4-5-18-31)29-22-11-13-23(14-12-22)36-20-6-9-25(33)34/h1-3,7-8,10-15,26,29H,4-6,9,16-20H2,(H,28,35)(H,30,32)(H,33,34). The molecule has 4 N–H and O–H groups in total. The van der Waals surface area contributed by atoms with Crippen LogP contribution in [0, 0.1) is 0 Å². The molecule has 2 aromatic carbocycles. The molecule has 9 nitrogen and oxygen atoms in total. The number of carbonyl (C=O) groups is 3. The van der Waals surface area contributed by atoms with Crippen molar-refractivity contribution in [3.63, 3.8) is 0 Å². The third kappa shape index (κ3) is 9.79. The van der Waals surface area contributed by atoms with Crippen LogP contribution in [0.5, 0.6) is 5.75 Å². The first kappa shape index (κ1) is 26.7. The summed E-state index contributed by atoms with van der Waals surface area (Å²) < 4.78 is 5.55. The number of benzene rings is 2. The van der Waals surface area contributed by atoms with E-state index in [2.05, 4.69) is 20.9 Å². The number of rotatable bonds is 14. The summed E-state index contributed by atoms with van der Waals surface area (Å²) in [6.45, 7) is 3.65. The molecule has 1 aliphatic heterocycles. The van der Waals surface area contributed by atoms with E-state index in [9.17, 15) is 14.4 Å². The van der Waals surface area contributed by atoms with Gasteiger partial charge in [-0.25, -0.2) is 0 Å². The Bertz CT molecular complexity index is 1000. The number of nitrogens with one attached hydrogen (secondary N) is 3. The van der Waals surface area contributed by atoms with Crippen molar-refractivity contribution in [3.8, 4) is 5.75 Å². The first-order chi connectivity index (χ1) is 17.5. The van der Waals surface area contributed by atoms with Crippen LogP contribution >= 0.6 is 0 Å². The number of likely N-dealkylation sites (tertiary alicyclic amines) is 1. The van der Waals surface area contributed by atoms with Gasteiger partial charge < -0.3 is 30.7 Å². The summed E-state index contributed by atoms with van der Waals surface area (Å²) in [4.78, 5) is 38.4. The van der Waals surface area contributed by atoms with Gasteiger partial charge in [0.25, 0.3) is 5.91 Å². The molecule has 0 radical (unpaired) electrons. The summed E-state index contributed by atoms with van der Waals surface area (Å²) in [5, 5.41) is 17.4. The molecule has 0 bridgehead atoms. The predicted molar refractivity (Wildman–Crippen MR) is 139 cm³/mol. The van der Waals surface area contributed by atoms with Gasteiger partial charge in [-0.1, -0.05) is 30.3 Å². The van der Waals surface area contributed by atoms with Gasteiger partial charge in [-0.2, -0.15) is 0 Å². The van der Waals surface area contributed by atoms with Crippen LogP contribution in [0.15, 0.2) is 60.7 Å². The second kappa shape index (κ2) is 14.5. The Morgan fingerprint density at radius 2 is 1.75 bits per heavy atom. The maximum Gasteiger partial charge on any atom is 0.303 e. The fraction of sp³-hybridized carbons (Fsp3) is 0.370. The SMILES string of the molecule is O=C(O)CCCOc1ccc(NC(NC(=O)C=Cc2ccccc2)C(=O)NCCN2CCCC2)cc1. The third-order valence-electron chi connectivity index (χ3n) is 5.67. The smallest absolute Gasteiger partial charge is 0.303 e. The Morgan fingerprint density at radius 1 is 1.03 bits per heavy atom. The van der Waals surface area contributed by atoms with Gasteiger partial charge in [0.05, 0.1) is 6.61 Å². The number of nitrogens with zero attached hydrogens (tertiary/aromatic N) is 1. The van der Waals surface area contributed by atoms with Gasteiger partial charge in [-0.3, -0.25) is 14.4 Å². The van der Waals surface area contributed by atoms with Crippen molar-refractivity contribution in [1.29, 1.82) is 0 Å². The van der Waals surface area contributed by atoms with E-state index in [4.69, 9.17) is 9.84 Å². The van der Waals surface area contributed by atoms with E-state index in [0.717, 1.165) is 25.2 Å². The molecule has 36 heavy (non-hydrogen) atoms. The van der Waals surface area contributed by atoms with Gasteiger partial charge in [-0.05, 0) is 68.3 Å². The molecule has 2 amide bonds. The number of hydrogen-bond donors (Lipinski definition) is 4. The van der Waals surface area contributed by atoms with Gasteiger partial charge in [0.15, 0.2) is 6.17 Å². The van der Waals surface area contributed by atoms with Crippen molar-refractivity contribution in [2.24, 2.45) is 0 Å². The highest BCUT2D eigenvalue weighted by atomic mass is 16.5. The summed E-state index contributed by atoms with van der Waals surface area (Å²) in [5.74, 6) is -0.995. The number of anilines is 1. The van der Waals surface area contributed by atoms with E-state index in [1.165, 1.54) is 18.9 Å². The highest BCUT2D eigenvalue weighted by Gasteiger charge is 2.20. The zero-order valence-electron chi connectivity index (χ0n) is 20.3. The zero-order valence-corrected chi connectivity index (χ0v) is 20.3. The summed E-state index contributed by atoms with van der Waals surface area (Å²) in [7, 11) is 0. The molecular weight excluding hydrogens is 460 g/mol. The van der Waals surface area contributed by atoms with Gasteiger partial charge in [0, 0.05) is 31.3 Å². The summed E-state index contributed by atoms with van der Waals surface area (Å²) >= 11 is 0. The molecule has 1 unspecified atom stereocenters. The molecule has 192 valence electrons. The van der Waals surface area contributed by atoms with Crippen LogP contribution in [0.25, 0.3) is 6.08 Å². The predicted octanol–water partition coefficient (Wildman–Crippen LogP) is 2.71. The fourth-order valence-corrected chi connectivity index (χ4v) is 3.77. The number of ether oxygens (including phenoxy) is 1. The zero-order chi connectivity index (χ0) is 25.6.